The minimum absolute atomic E-state index is 0.258. The van der Waals surface area contributed by atoms with Crippen LogP contribution in [0.15, 0.2) is 117 Å². The van der Waals surface area contributed by atoms with Gasteiger partial charge in [0.25, 0.3) is 11.8 Å². The van der Waals surface area contributed by atoms with E-state index in [1.807, 2.05) is 68.5 Å². The summed E-state index contributed by atoms with van der Waals surface area (Å²) >= 11 is 0. The maximum atomic E-state index is 10.9. The molecule has 0 radical (unpaired) electrons. The Morgan fingerprint density at radius 1 is 0.959 bits per heavy atom. The second-order valence-electron chi connectivity index (χ2n) is 11.8. The highest BCUT2D eigenvalue weighted by atomic mass is 16.3. The molecule has 8 nitrogen and oxygen atoms in total. The van der Waals surface area contributed by atoms with Gasteiger partial charge in [0.05, 0.1) is 6.10 Å². The third kappa shape index (κ3) is 12.4. The molecule has 49 heavy (non-hydrogen) atoms. The topological polar surface area (TPSA) is 106 Å². The zero-order chi connectivity index (χ0) is 35.6. The average molecular weight is 664 g/mol. The summed E-state index contributed by atoms with van der Waals surface area (Å²) in [6, 6.07) is 18.7. The molecular weight excluding hydrogens is 610 g/mol. The first kappa shape index (κ1) is 38.8. The fourth-order valence-corrected chi connectivity index (χ4v) is 4.79. The first-order valence-electron chi connectivity index (χ1n) is 17.6. The Kier molecular flexibility index (Phi) is 16.3. The van der Waals surface area contributed by atoms with E-state index in [-0.39, 0.29) is 24.0 Å². The molecule has 3 heterocycles. The minimum atomic E-state index is -0.300. The first-order valence-corrected chi connectivity index (χ1v) is 17.6. The SMILES string of the molecule is C/C=C\C1=C(C)C(=O)NC1=O.C1CC1.CC.CCCC1C=C2N=CC(/C=C/c3ccccc3)=C(/N=C/c3ccc(C[C@H](O)CC)cc3)N2N1. The number of aliphatic imine (C=N–C) groups is 2. The van der Waals surface area contributed by atoms with Crippen LogP contribution >= 0.6 is 0 Å². The monoisotopic (exact) mass is 663 g/mol. The van der Waals surface area contributed by atoms with E-state index in [0.717, 1.165) is 53.2 Å². The Bertz CT molecular complexity index is 1590. The van der Waals surface area contributed by atoms with Gasteiger partial charge in [-0.3, -0.25) is 14.9 Å². The van der Waals surface area contributed by atoms with Crippen molar-refractivity contribution in [2.75, 3.05) is 0 Å². The number of aliphatic hydroxyl groups is 1. The van der Waals surface area contributed by atoms with Gasteiger partial charge in [-0.15, -0.1) is 0 Å². The fraction of sp³-hybridized carbons (Fsp3) is 0.366. The van der Waals surface area contributed by atoms with Gasteiger partial charge < -0.3 is 5.11 Å². The molecule has 2 aromatic rings. The number of carbonyl (C=O) groups is 2. The fourth-order valence-electron chi connectivity index (χ4n) is 4.79. The number of imide groups is 1. The lowest BCUT2D eigenvalue weighted by Gasteiger charge is -2.25. The number of benzene rings is 2. The molecule has 1 aliphatic carbocycles. The summed E-state index contributed by atoms with van der Waals surface area (Å²) in [6.45, 7) is 11.6. The molecule has 1 fully saturated rings. The Morgan fingerprint density at radius 3 is 2.22 bits per heavy atom. The summed E-state index contributed by atoms with van der Waals surface area (Å²) in [5, 5.41) is 14.1. The van der Waals surface area contributed by atoms with Gasteiger partial charge in [-0.05, 0) is 62.0 Å². The largest absolute Gasteiger partial charge is 0.393 e. The first-order chi connectivity index (χ1) is 23.8. The normalized spacial score (nSPS) is 18.5. The molecule has 8 heteroatoms. The van der Waals surface area contributed by atoms with Crippen molar-refractivity contribution in [2.45, 2.75) is 98.6 Å². The third-order valence-corrected chi connectivity index (χ3v) is 7.70. The van der Waals surface area contributed by atoms with Gasteiger partial charge in [-0.25, -0.2) is 20.4 Å². The number of rotatable bonds is 10. The van der Waals surface area contributed by atoms with Crippen LogP contribution in [0.1, 0.15) is 96.8 Å². The summed E-state index contributed by atoms with van der Waals surface area (Å²) in [7, 11) is 0. The van der Waals surface area contributed by atoms with Crippen LogP contribution in [0.25, 0.3) is 6.08 Å². The lowest BCUT2D eigenvalue weighted by atomic mass is 10.0. The number of nitrogens with one attached hydrogen (secondary N) is 2. The van der Waals surface area contributed by atoms with Crippen LogP contribution in [0.4, 0.5) is 0 Å². The Morgan fingerprint density at radius 2 is 1.65 bits per heavy atom. The number of allylic oxidation sites excluding steroid dienone is 3. The lowest BCUT2D eigenvalue weighted by Crippen LogP contribution is -2.37. The van der Waals surface area contributed by atoms with Gasteiger partial charge >= 0.3 is 0 Å². The van der Waals surface area contributed by atoms with E-state index >= 15 is 0 Å². The quantitative estimate of drug-likeness (QED) is 0.177. The van der Waals surface area contributed by atoms with Crippen molar-refractivity contribution >= 4 is 30.3 Å². The standard InChI is InChI=1S/C28H32N4O.C8H9NO2.C3H6.C2H6/c1-3-8-25-18-27-29-20-24(16-15-21-9-6-5-7-10-21)28(32(27)31-25)30-19-23-13-11-22(12-14-23)17-26(33)4-2;1-3-4-6-5(2)7(10)9-8(6)11;1-2-3-1;1-2/h5-7,9-16,18-20,25-26,31,33H,3-4,8,17H2,1-2H3;3-4H,1-2H3,(H,9,10,11);1-3H2;1-2H3/b16-15+,30-19+;4-3-;;/t25?,26-;;;/m1.../s1. The zero-order valence-corrected chi connectivity index (χ0v) is 29.9. The number of hydrazine groups is 1. The molecule has 2 atom stereocenters. The van der Waals surface area contributed by atoms with Crippen LogP contribution in [-0.2, 0) is 16.0 Å². The minimum Gasteiger partial charge on any atom is -0.393 e. The van der Waals surface area contributed by atoms with Crippen molar-refractivity contribution in [3.05, 3.63) is 124 Å². The Labute approximate surface area is 292 Å². The summed E-state index contributed by atoms with van der Waals surface area (Å²) in [5.41, 5.74) is 8.72. The van der Waals surface area contributed by atoms with Gasteiger partial charge in [0.1, 0.15) is 5.82 Å². The number of amides is 2. The number of fused-ring (bicyclic) bond motifs is 1. The van der Waals surface area contributed by atoms with Crippen LogP contribution < -0.4 is 10.7 Å². The van der Waals surface area contributed by atoms with Gasteiger partial charge in [0.15, 0.2) is 5.82 Å². The molecule has 0 spiro atoms. The van der Waals surface area contributed by atoms with Crippen molar-refractivity contribution in [1.82, 2.24) is 15.8 Å². The molecular formula is C41H53N5O3. The summed E-state index contributed by atoms with van der Waals surface area (Å²) < 4.78 is 0. The molecule has 0 saturated heterocycles. The van der Waals surface area contributed by atoms with Gasteiger partial charge in [0.2, 0.25) is 0 Å². The van der Waals surface area contributed by atoms with Gasteiger partial charge in [0, 0.05) is 35.2 Å². The highest BCUT2D eigenvalue weighted by molar-refractivity contribution is 6.20. The van der Waals surface area contributed by atoms with E-state index in [9.17, 15) is 14.7 Å². The second-order valence-corrected chi connectivity index (χ2v) is 11.8. The predicted molar refractivity (Wildman–Crippen MR) is 203 cm³/mol. The van der Waals surface area contributed by atoms with Crippen LogP contribution in [0.2, 0.25) is 0 Å². The van der Waals surface area contributed by atoms with E-state index < -0.39 is 0 Å². The van der Waals surface area contributed by atoms with E-state index in [1.54, 1.807) is 26.0 Å². The smallest absolute Gasteiger partial charge is 0.258 e. The third-order valence-electron chi connectivity index (χ3n) is 7.70. The number of aliphatic hydroxyl groups excluding tert-OH is 1. The number of hydrogen-bond donors (Lipinski definition) is 3. The molecule has 4 aliphatic rings. The molecule has 2 amide bonds. The predicted octanol–water partition coefficient (Wildman–Crippen LogP) is 7.99. The van der Waals surface area contributed by atoms with Crippen LogP contribution in [0.3, 0.4) is 0 Å². The number of carbonyl (C=O) groups excluding carboxylic acids is 2. The number of hydrogen-bond acceptors (Lipinski definition) is 7. The summed E-state index contributed by atoms with van der Waals surface area (Å²) in [4.78, 5) is 31.3. The lowest BCUT2D eigenvalue weighted by molar-refractivity contribution is -0.124. The molecule has 260 valence electrons. The van der Waals surface area contributed by atoms with Gasteiger partial charge in [-0.1, -0.05) is 126 Å². The maximum absolute atomic E-state index is 10.9. The summed E-state index contributed by atoms with van der Waals surface area (Å²) in [6.07, 6.45) is 21.2. The molecule has 1 unspecified atom stereocenters. The van der Waals surface area contributed by atoms with E-state index in [1.165, 1.54) is 19.3 Å². The Balaban J connectivity index is 0.000000335. The van der Waals surface area contributed by atoms with Crippen LogP contribution in [0.5, 0.6) is 0 Å². The van der Waals surface area contributed by atoms with Crippen molar-refractivity contribution in [3.63, 3.8) is 0 Å². The molecule has 3 N–H and O–H groups in total. The highest BCUT2D eigenvalue weighted by Crippen LogP contribution is 2.28. The van der Waals surface area contributed by atoms with E-state index in [2.05, 4.69) is 65.2 Å². The molecule has 2 aromatic carbocycles. The Hall–Kier alpha value is -4.66. The second kappa shape index (κ2) is 20.6. The van der Waals surface area contributed by atoms with Crippen molar-refractivity contribution in [1.29, 1.82) is 0 Å². The molecule has 1 saturated carbocycles. The molecule has 0 aromatic heterocycles. The molecule has 3 aliphatic heterocycles. The van der Waals surface area contributed by atoms with Crippen LogP contribution in [-0.4, -0.2) is 46.5 Å². The van der Waals surface area contributed by atoms with Crippen molar-refractivity contribution in [3.8, 4) is 0 Å². The van der Waals surface area contributed by atoms with Gasteiger partial charge in [-0.2, -0.15) is 0 Å². The van der Waals surface area contributed by atoms with E-state index in [4.69, 9.17) is 4.99 Å². The maximum Gasteiger partial charge on any atom is 0.258 e. The molecule has 6 rings (SSSR count). The summed E-state index contributed by atoms with van der Waals surface area (Å²) in [5.74, 6) is 1.13. The zero-order valence-electron chi connectivity index (χ0n) is 29.9. The average Bonchev–Trinajstić information content (AvgIpc) is 3.93. The van der Waals surface area contributed by atoms with E-state index in [0.29, 0.717) is 17.6 Å². The molecule has 0 bridgehead atoms. The number of nitrogens with zero attached hydrogens (tertiary/aromatic N) is 3. The highest BCUT2D eigenvalue weighted by Gasteiger charge is 2.28. The van der Waals surface area contributed by atoms with Crippen molar-refractivity contribution in [2.24, 2.45) is 9.98 Å². The van der Waals surface area contributed by atoms with Crippen LogP contribution in [0, 0.1) is 0 Å². The van der Waals surface area contributed by atoms with Crippen molar-refractivity contribution < 1.29 is 14.7 Å².